The molecule has 3 aromatic carbocycles. The fraction of sp³-hybridized carbons (Fsp3) is 0.394. The molecule has 8 heteroatoms. The minimum absolute atomic E-state index is 0.181. The van der Waals surface area contributed by atoms with Crippen LogP contribution in [-0.2, 0) is 11.2 Å². The number of unbranched alkanes of at least 4 members (excludes halogenated alkanes) is 2. The number of aryl methyl sites for hydroxylation is 1. The smallest absolute Gasteiger partial charge is 0.349 e. The average molecular weight is 564 g/mol. The minimum Gasteiger partial charge on any atom is -0.349 e. The molecule has 5 nitrogen and oxygen atoms in total. The molecule has 1 aliphatic carbocycles. The SMILES string of the molecule is CCCCCc1cccc2c1C(C(=O)N(CC(F)(F)F)N1CCC(NC(=O)c3ccccc3)CC1)c1ccccc1-2. The van der Waals surface area contributed by atoms with E-state index in [4.69, 9.17) is 0 Å². The van der Waals surface area contributed by atoms with Crippen LogP contribution in [0.3, 0.4) is 0 Å². The molecular weight excluding hydrogens is 527 g/mol. The maximum absolute atomic E-state index is 14.3. The molecule has 1 unspecified atom stereocenters. The Bertz CT molecular complexity index is 1370. The average Bonchev–Trinajstić information content (AvgIpc) is 3.31. The van der Waals surface area contributed by atoms with Crippen LogP contribution in [0.25, 0.3) is 11.1 Å². The van der Waals surface area contributed by atoms with E-state index in [0.717, 1.165) is 58.5 Å². The molecular formula is C33H36F3N3O2. The number of benzene rings is 3. The van der Waals surface area contributed by atoms with Crippen LogP contribution >= 0.6 is 0 Å². The van der Waals surface area contributed by atoms with Crippen molar-refractivity contribution < 1.29 is 22.8 Å². The number of hydrazine groups is 1. The van der Waals surface area contributed by atoms with Gasteiger partial charge in [0.1, 0.15) is 6.54 Å². The number of nitrogens with zero attached hydrogens (tertiary/aromatic N) is 2. The van der Waals surface area contributed by atoms with Crippen molar-refractivity contribution in [2.75, 3.05) is 19.6 Å². The number of piperidine rings is 1. The Kier molecular flexibility index (Phi) is 8.78. The molecule has 1 heterocycles. The zero-order chi connectivity index (χ0) is 29.0. The van der Waals surface area contributed by atoms with Gasteiger partial charge in [0.15, 0.2) is 0 Å². The van der Waals surface area contributed by atoms with Crippen molar-refractivity contribution in [2.24, 2.45) is 0 Å². The Hall–Kier alpha value is -3.65. The lowest BCUT2D eigenvalue weighted by Gasteiger charge is -2.41. The van der Waals surface area contributed by atoms with E-state index in [1.807, 2.05) is 48.5 Å². The van der Waals surface area contributed by atoms with E-state index in [9.17, 15) is 22.8 Å². The number of carbonyl (C=O) groups excluding carboxylic acids is 2. The van der Waals surface area contributed by atoms with Gasteiger partial charge in [-0.3, -0.25) is 14.6 Å². The lowest BCUT2D eigenvalue weighted by Crippen LogP contribution is -2.56. The molecule has 216 valence electrons. The van der Waals surface area contributed by atoms with Gasteiger partial charge in [0.05, 0.1) is 5.92 Å². The van der Waals surface area contributed by atoms with Crippen LogP contribution < -0.4 is 5.32 Å². The number of hydrogen-bond acceptors (Lipinski definition) is 3. The van der Waals surface area contributed by atoms with Gasteiger partial charge < -0.3 is 5.32 Å². The molecule has 1 N–H and O–H groups in total. The summed E-state index contributed by atoms with van der Waals surface area (Å²) < 4.78 is 41.8. The van der Waals surface area contributed by atoms with Crippen LogP contribution in [0.5, 0.6) is 0 Å². The highest BCUT2D eigenvalue weighted by atomic mass is 19.4. The van der Waals surface area contributed by atoms with Gasteiger partial charge in [0.25, 0.3) is 5.91 Å². The summed E-state index contributed by atoms with van der Waals surface area (Å²) in [6.07, 6.45) is 0.166. The molecule has 0 spiro atoms. The van der Waals surface area contributed by atoms with E-state index < -0.39 is 24.5 Å². The Morgan fingerprint density at radius 3 is 2.29 bits per heavy atom. The molecule has 0 radical (unpaired) electrons. The maximum Gasteiger partial charge on any atom is 0.407 e. The number of amides is 2. The number of hydrogen-bond donors (Lipinski definition) is 1. The second kappa shape index (κ2) is 12.5. The normalized spacial score (nSPS) is 17.1. The highest BCUT2D eigenvalue weighted by Crippen LogP contribution is 2.47. The molecule has 1 atom stereocenters. The third kappa shape index (κ3) is 6.48. The van der Waals surface area contributed by atoms with E-state index in [1.165, 1.54) is 5.01 Å². The summed E-state index contributed by atoms with van der Waals surface area (Å²) in [7, 11) is 0. The van der Waals surface area contributed by atoms with Gasteiger partial charge in [-0.05, 0) is 65.6 Å². The Morgan fingerprint density at radius 2 is 1.59 bits per heavy atom. The monoisotopic (exact) mass is 563 g/mol. The third-order valence-corrected chi connectivity index (χ3v) is 8.11. The highest BCUT2D eigenvalue weighted by Gasteiger charge is 2.43. The number of fused-ring (bicyclic) bond motifs is 3. The van der Waals surface area contributed by atoms with E-state index in [-0.39, 0.29) is 25.0 Å². The third-order valence-electron chi connectivity index (χ3n) is 8.11. The van der Waals surface area contributed by atoms with Crippen molar-refractivity contribution in [3.05, 3.63) is 95.1 Å². The summed E-state index contributed by atoms with van der Waals surface area (Å²) in [5.41, 5.74) is 5.01. The first-order valence-corrected chi connectivity index (χ1v) is 14.5. The predicted molar refractivity (Wildman–Crippen MR) is 153 cm³/mol. The van der Waals surface area contributed by atoms with Crippen LogP contribution in [0, 0.1) is 0 Å². The van der Waals surface area contributed by atoms with Crippen LogP contribution in [0.1, 0.15) is 72.0 Å². The Morgan fingerprint density at radius 1 is 0.902 bits per heavy atom. The van der Waals surface area contributed by atoms with Crippen LogP contribution in [0.4, 0.5) is 13.2 Å². The first-order valence-electron chi connectivity index (χ1n) is 14.5. The summed E-state index contributed by atoms with van der Waals surface area (Å²) in [6, 6.07) is 22.2. The summed E-state index contributed by atoms with van der Waals surface area (Å²) >= 11 is 0. The quantitative estimate of drug-likeness (QED) is 0.294. The van der Waals surface area contributed by atoms with Crippen molar-refractivity contribution in [3.8, 4) is 11.1 Å². The first kappa shape index (κ1) is 28.9. The second-order valence-corrected chi connectivity index (χ2v) is 10.9. The standard InChI is InChI=1S/C33H36F3N3O2/c1-2-3-5-11-23-14-10-17-27-26-15-8-9-16-28(26)30(29(23)27)32(41)39(22-33(34,35)36)38-20-18-25(19-21-38)37-31(40)24-12-6-4-7-13-24/h4,6-10,12-17,25,30H,2-3,5,11,18-22H2,1H3,(H,37,40). The van der Waals surface area contributed by atoms with E-state index in [1.54, 1.807) is 24.3 Å². The largest absolute Gasteiger partial charge is 0.407 e. The van der Waals surface area contributed by atoms with Gasteiger partial charge in [0, 0.05) is 24.7 Å². The second-order valence-electron chi connectivity index (χ2n) is 10.9. The molecule has 0 aromatic heterocycles. The molecule has 41 heavy (non-hydrogen) atoms. The van der Waals surface area contributed by atoms with Gasteiger partial charge >= 0.3 is 6.18 Å². The van der Waals surface area contributed by atoms with Gasteiger partial charge in [-0.15, -0.1) is 0 Å². The molecule has 1 aliphatic heterocycles. The molecule has 0 bridgehead atoms. The Balaban J connectivity index is 1.39. The Labute approximate surface area is 239 Å². The van der Waals surface area contributed by atoms with Crippen molar-refractivity contribution >= 4 is 11.8 Å². The van der Waals surface area contributed by atoms with E-state index in [0.29, 0.717) is 18.4 Å². The van der Waals surface area contributed by atoms with Crippen LogP contribution in [0.2, 0.25) is 0 Å². The molecule has 3 aromatic rings. The van der Waals surface area contributed by atoms with Crippen molar-refractivity contribution in [3.63, 3.8) is 0 Å². The number of carbonyl (C=O) groups is 2. The zero-order valence-corrected chi connectivity index (χ0v) is 23.3. The van der Waals surface area contributed by atoms with Crippen LogP contribution in [0.15, 0.2) is 72.8 Å². The number of alkyl halides is 3. The lowest BCUT2D eigenvalue weighted by molar-refractivity contribution is -0.194. The summed E-state index contributed by atoms with van der Waals surface area (Å²) in [5, 5.41) is 5.45. The number of rotatable bonds is 9. The van der Waals surface area contributed by atoms with Gasteiger partial charge in [-0.2, -0.15) is 13.2 Å². The van der Waals surface area contributed by atoms with Crippen LogP contribution in [-0.4, -0.2) is 53.7 Å². The summed E-state index contributed by atoms with van der Waals surface area (Å²) in [6.45, 7) is 1.25. The molecule has 2 amide bonds. The summed E-state index contributed by atoms with van der Waals surface area (Å²) in [4.78, 5) is 26.9. The molecule has 5 rings (SSSR count). The van der Waals surface area contributed by atoms with E-state index in [2.05, 4.69) is 12.2 Å². The fourth-order valence-electron chi connectivity index (χ4n) is 6.12. The number of halogens is 3. The topological polar surface area (TPSA) is 52.7 Å². The zero-order valence-electron chi connectivity index (χ0n) is 23.3. The fourth-order valence-corrected chi connectivity index (χ4v) is 6.12. The number of nitrogens with one attached hydrogen (secondary N) is 1. The maximum atomic E-state index is 14.3. The predicted octanol–water partition coefficient (Wildman–Crippen LogP) is 6.73. The van der Waals surface area contributed by atoms with Gasteiger partial charge in [-0.1, -0.05) is 80.4 Å². The van der Waals surface area contributed by atoms with Crippen molar-refractivity contribution in [1.29, 1.82) is 0 Å². The minimum atomic E-state index is -4.56. The van der Waals surface area contributed by atoms with Gasteiger partial charge in [-0.25, -0.2) is 5.01 Å². The van der Waals surface area contributed by atoms with Crippen molar-refractivity contribution in [2.45, 2.75) is 63.6 Å². The molecule has 0 saturated carbocycles. The van der Waals surface area contributed by atoms with Crippen molar-refractivity contribution in [1.82, 2.24) is 15.3 Å². The summed E-state index contributed by atoms with van der Waals surface area (Å²) in [5.74, 6) is -1.55. The molecule has 2 aliphatic rings. The van der Waals surface area contributed by atoms with Gasteiger partial charge in [0.2, 0.25) is 5.91 Å². The molecule has 1 fully saturated rings. The lowest BCUT2D eigenvalue weighted by atomic mass is 9.89. The molecule has 1 saturated heterocycles. The highest BCUT2D eigenvalue weighted by molar-refractivity contribution is 5.97. The van der Waals surface area contributed by atoms with E-state index >= 15 is 0 Å². The first-order chi connectivity index (χ1) is 19.8.